The van der Waals surface area contributed by atoms with E-state index in [4.69, 9.17) is 19.2 Å². The minimum Gasteiger partial charge on any atom is -0.493 e. The summed E-state index contributed by atoms with van der Waals surface area (Å²) in [4.78, 5) is 18.9. The third kappa shape index (κ3) is 3.69. The molecular weight excluding hydrogens is 432 g/mol. The molecule has 1 fully saturated rings. The minimum atomic E-state index is -0.0807. The van der Waals surface area contributed by atoms with Crippen LogP contribution in [0.3, 0.4) is 0 Å². The van der Waals surface area contributed by atoms with Crippen molar-refractivity contribution in [2.24, 2.45) is 0 Å². The Morgan fingerprint density at radius 2 is 1.59 bits per heavy atom. The fourth-order valence-corrected chi connectivity index (χ4v) is 4.83. The van der Waals surface area contributed by atoms with Gasteiger partial charge in [0.25, 0.3) is 5.56 Å². The second kappa shape index (κ2) is 9.21. The highest BCUT2D eigenvalue weighted by Crippen LogP contribution is 2.42. The first kappa shape index (κ1) is 22.0. The first-order valence-electron chi connectivity index (χ1n) is 11.5. The van der Waals surface area contributed by atoms with Gasteiger partial charge in [0.2, 0.25) is 5.75 Å². The van der Waals surface area contributed by atoms with Gasteiger partial charge in [0.05, 0.1) is 33.2 Å². The van der Waals surface area contributed by atoms with Crippen molar-refractivity contribution in [3.8, 4) is 34.3 Å². The largest absolute Gasteiger partial charge is 0.493 e. The van der Waals surface area contributed by atoms with Crippen molar-refractivity contribution in [2.75, 3.05) is 21.3 Å². The lowest BCUT2D eigenvalue weighted by atomic mass is 9.94. The zero-order valence-corrected chi connectivity index (χ0v) is 19.7. The highest BCUT2D eigenvalue weighted by Gasteiger charge is 2.26. The van der Waals surface area contributed by atoms with E-state index in [2.05, 4.69) is 5.10 Å². The molecule has 5 rings (SSSR count). The number of aromatic nitrogens is 4. The lowest BCUT2D eigenvalue weighted by Crippen LogP contribution is -2.29. The van der Waals surface area contributed by atoms with Crippen LogP contribution in [0.1, 0.15) is 38.1 Å². The van der Waals surface area contributed by atoms with Crippen molar-refractivity contribution in [3.63, 3.8) is 0 Å². The molecule has 34 heavy (non-hydrogen) atoms. The number of nitrogens with zero attached hydrogens (tertiary/aromatic N) is 4. The smallest absolute Gasteiger partial charge is 0.265 e. The Morgan fingerprint density at radius 3 is 2.21 bits per heavy atom. The van der Waals surface area contributed by atoms with Gasteiger partial charge in [-0.1, -0.05) is 37.5 Å². The lowest BCUT2D eigenvalue weighted by Gasteiger charge is -2.26. The molecule has 0 saturated heterocycles. The number of benzene rings is 2. The molecule has 1 aliphatic carbocycles. The van der Waals surface area contributed by atoms with Crippen molar-refractivity contribution < 1.29 is 14.2 Å². The van der Waals surface area contributed by atoms with Crippen molar-refractivity contribution in [1.29, 1.82) is 0 Å². The van der Waals surface area contributed by atoms with E-state index in [-0.39, 0.29) is 11.6 Å². The topological polar surface area (TPSA) is 80.4 Å². The maximum atomic E-state index is 13.9. The van der Waals surface area contributed by atoms with Crippen molar-refractivity contribution in [2.45, 2.75) is 38.1 Å². The summed E-state index contributed by atoms with van der Waals surface area (Å²) in [5, 5.41) is 5.02. The molecular formula is C26H28N4O4. The summed E-state index contributed by atoms with van der Waals surface area (Å²) in [6.07, 6.45) is 6.87. The van der Waals surface area contributed by atoms with E-state index in [0.717, 1.165) is 36.9 Å². The third-order valence-electron chi connectivity index (χ3n) is 6.50. The van der Waals surface area contributed by atoms with E-state index in [0.29, 0.717) is 34.1 Å². The molecule has 2 heterocycles. The zero-order valence-electron chi connectivity index (χ0n) is 19.7. The quantitative estimate of drug-likeness (QED) is 0.412. The summed E-state index contributed by atoms with van der Waals surface area (Å²) >= 11 is 0. The van der Waals surface area contributed by atoms with Crippen LogP contribution in [0.2, 0.25) is 0 Å². The van der Waals surface area contributed by atoms with Gasteiger partial charge in [0.15, 0.2) is 17.1 Å². The lowest BCUT2D eigenvalue weighted by molar-refractivity contribution is 0.324. The predicted molar refractivity (Wildman–Crippen MR) is 130 cm³/mol. The summed E-state index contributed by atoms with van der Waals surface area (Å²) in [7, 11) is 4.73. The number of fused-ring (bicyclic) bond motifs is 1. The second-order valence-electron chi connectivity index (χ2n) is 8.45. The van der Waals surface area contributed by atoms with Crippen LogP contribution in [-0.2, 0) is 0 Å². The third-order valence-corrected chi connectivity index (χ3v) is 6.50. The fraction of sp³-hybridized carbons (Fsp3) is 0.346. The van der Waals surface area contributed by atoms with Crippen molar-refractivity contribution >= 4 is 11.0 Å². The molecule has 0 spiro atoms. The normalized spacial score (nSPS) is 14.3. The van der Waals surface area contributed by atoms with Crippen LogP contribution in [0.25, 0.3) is 28.1 Å². The summed E-state index contributed by atoms with van der Waals surface area (Å²) < 4.78 is 20.2. The Hall–Kier alpha value is -3.81. The van der Waals surface area contributed by atoms with E-state index in [1.807, 2.05) is 47.0 Å². The number of hydrogen-bond donors (Lipinski definition) is 0. The van der Waals surface area contributed by atoms with Crippen LogP contribution >= 0.6 is 0 Å². The van der Waals surface area contributed by atoms with Gasteiger partial charge < -0.3 is 14.2 Å². The summed E-state index contributed by atoms with van der Waals surface area (Å²) in [6.45, 7) is 0. The van der Waals surface area contributed by atoms with E-state index in [1.54, 1.807) is 32.2 Å². The molecule has 0 N–H and O–H groups in total. The number of ether oxygens (including phenoxy) is 3. The molecule has 1 saturated carbocycles. The highest BCUT2D eigenvalue weighted by atomic mass is 16.5. The Kier molecular flexibility index (Phi) is 5.96. The Morgan fingerprint density at radius 1 is 0.912 bits per heavy atom. The van der Waals surface area contributed by atoms with Gasteiger partial charge in [-0.25, -0.2) is 9.67 Å². The number of rotatable bonds is 6. The number of methoxy groups -OCH3 is 3. The van der Waals surface area contributed by atoms with E-state index in [9.17, 15) is 4.79 Å². The van der Waals surface area contributed by atoms with Gasteiger partial charge in [0, 0.05) is 11.6 Å². The molecule has 8 nitrogen and oxygen atoms in total. The molecule has 8 heteroatoms. The van der Waals surface area contributed by atoms with Gasteiger partial charge >= 0.3 is 0 Å². The zero-order chi connectivity index (χ0) is 23.7. The summed E-state index contributed by atoms with van der Waals surface area (Å²) in [5.74, 6) is 2.09. The van der Waals surface area contributed by atoms with E-state index >= 15 is 0 Å². The van der Waals surface area contributed by atoms with Crippen molar-refractivity contribution in [3.05, 3.63) is 59.0 Å². The molecule has 0 amide bonds. The summed E-state index contributed by atoms with van der Waals surface area (Å²) in [6, 6.07) is 13.5. The Bertz CT molecular complexity index is 1350. The molecule has 4 aromatic rings. The molecule has 2 aromatic carbocycles. The number of hydrogen-bond acceptors (Lipinski definition) is 6. The Balaban J connectivity index is 1.81. The van der Waals surface area contributed by atoms with Crippen LogP contribution in [0, 0.1) is 0 Å². The SMILES string of the molecule is COc1cc(-c2nc3c(cnn3-c3ccccc3)c(=O)n2C2CCCCC2)cc(OC)c1OC. The average Bonchev–Trinajstić information content (AvgIpc) is 3.33. The van der Waals surface area contributed by atoms with Gasteiger partial charge in [0.1, 0.15) is 11.2 Å². The van der Waals surface area contributed by atoms with Crippen LogP contribution in [0.5, 0.6) is 17.2 Å². The first-order chi connectivity index (χ1) is 16.7. The monoisotopic (exact) mass is 460 g/mol. The van der Waals surface area contributed by atoms with E-state index in [1.165, 1.54) is 6.42 Å². The Labute approximate surface area is 197 Å². The number of para-hydroxylation sites is 1. The van der Waals surface area contributed by atoms with Gasteiger partial charge in [-0.15, -0.1) is 0 Å². The van der Waals surface area contributed by atoms with Gasteiger partial charge in [-0.05, 0) is 37.1 Å². The molecule has 0 radical (unpaired) electrons. The molecule has 1 aliphatic rings. The van der Waals surface area contributed by atoms with Crippen LogP contribution < -0.4 is 19.8 Å². The second-order valence-corrected chi connectivity index (χ2v) is 8.45. The molecule has 176 valence electrons. The first-order valence-corrected chi connectivity index (χ1v) is 11.5. The molecule has 0 unspecified atom stereocenters. The van der Waals surface area contributed by atoms with E-state index < -0.39 is 0 Å². The predicted octanol–water partition coefficient (Wildman–Crippen LogP) is 4.78. The molecule has 2 aromatic heterocycles. The molecule has 0 atom stereocenters. The highest BCUT2D eigenvalue weighted by molar-refractivity contribution is 5.79. The van der Waals surface area contributed by atoms with Crippen LogP contribution in [0.15, 0.2) is 53.5 Å². The van der Waals surface area contributed by atoms with Crippen LogP contribution in [-0.4, -0.2) is 40.7 Å². The minimum absolute atomic E-state index is 0.0762. The maximum absolute atomic E-state index is 13.9. The fourth-order valence-electron chi connectivity index (χ4n) is 4.83. The average molecular weight is 461 g/mol. The standard InChI is InChI=1S/C26H28N4O4/c1-32-21-14-17(15-22(33-2)23(21)34-3)24-28-25-20(16-27-30(25)19-12-8-5-9-13-19)26(31)29(24)18-10-6-4-7-11-18/h5,8-9,12-16,18H,4,6-7,10-11H2,1-3H3. The summed E-state index contributed by atoms with van der Waals surface area (Å²) in [5.41, 5.74) is 2.00. The van der Waals surface area contributed by atoms with Crippen molar-refractivity contribution in [1.82, 2.24) is 19.3 Å². The van der Waals surface area contributed by atoms with Crippen LogP contribution in [0.4, 0.5) is 0 Å². The maximum Gasteiger partial charge on any atom is 0.265 e. The van der Waals surface area contributed by atoms with Gasteiger partial charge in [-0.2, -0.15) is 5.10 Å². The molecule has 0 bridgehead atoms. The van der Waals surface area contributed by atoms with Gasteiger partial charge in [-0.3, -0.25) is 9.36 Å². The molecule has 0 aliphatic heterocycles.